The second kappa shape index (κ2) is 10.3. The van der Waals surface area contributed by atoms with Gasteiger partial charge < -0.3 is 9.72 Å². The smallest absolute Gasteiger partial charge is 0.259 e. The fourth-order valence-corrected chi connectivity index (χ4v) is 6.34. The number of pyridine rings is 1. The van der Waals surface area contributed by atoms with E-state index in [0.717, 1.165) is 55.0 Å². The van der Waals surface area contributed by atoms with E-state index in [2.05, 4.69) is 50.8 Å². The van der Waals surface area contributed by atoms with Gasteiger partial charge in [-0.3, -0.25) is 9.69 Å². The quantitative estimate of drug-likeness (QED) is 0.381. The van der Waals surface area contributed by atoms with E-state index in [1.54, 1.807) is 12.4 Å². The molecule has 0 bridgehead atoms. The average Bonchev–Trinajstić information content (AvgIpc) is 3.54. The third-order valence-electron chi connectivity index (χ3n) is 8.39. The number of anilines is 1. The summed E-state index contributed by atoms with van der Waals surface area (Å²) in [5.74, 6) is 0.537. The molecule has 4 aromatic rings. The zero-order chi connectivity index (χ0) is 27.0. The molecule has 39 heavy (non-hydrogen) atoms. The van der Waals surface area contributed by atoms with Crippen LogP contribution in [-0.4, -0.2) is 48.3 Å². The Labute approximate surface area is 228 Å². The first kappa shape index (κ1) is 25.3. The van der Waals surface area contributed by atoms with Crippen LogP contribution in [-0.2, 0) is 18.5 Å². The van der Waals surface area contributed by atoms with E-state index in [-0.39, 0.29) is 17.2 Å². The van der Waals surface area contributed by atoms with Crippen LogP contribution in [0.3, 0.4) is 0 Å². The monoisotopic (exact) mass is 522 g/mol. The summed E-state index contributed by atoms with van der Waals surface area (Å²) < 4.78 is 3.85. The molecule has 3 aromatic heterocycles. The van der Waals surface area contributed by atoms with Crippen LogP contribution < -0.4 is 5.32 Å². The Balaban J connectivity index is 1.25. The van der Waals surface area contributed by atoms with E-state index < -0.39 is 0 Å². The van der Waals surface area contributed by atoms with Crippen molar-refractivity contribution in [1.82, 2.24) is 29.3 Å². The van der Waals surface area contributed by atoms with E-state index in [1.165, 1.54) is 12.8 Å². The first-order valence-electron chi connectivity index (χ1n) is 13.8. The summed E-state index contributed by atoms with van der Waals surface area (Å²) in [6, 6.07) is 12.4. The van der Waals surface area contributed by atoms with Crippen molar-refractivity contribution in [2.75, 3.05) is 18.4 Å². The Hall–Kier alpha value is -4.03. The molecule has 1 N–H and O–H groups in total. The summed E-state index contributed by atoms with van der Waals surface area (Å²) in [7, 11) is 0. The van der Waals surface area contributed by atoms with Crippen LogP contribution in [0.5, 0.6) is 0 Å². The maximum Gasteiger partial charge on any atom is 0.259 e. The first-order valence-corrected chi connectivity index (χ1v) is 13.8. The topological polar surface area (TPSA) is 104 Å². The number of nitrogens with zero attached hydrogens (tertiary/aromatic N) is 7. The highest BCUT2D eigenvalue weighted by atomic mass is 16.1. The number of hydrogen-bond acceptors (Lipinski definition) is 6. The number of likely N-dealkylation sites (tertiary alicyclic amines) is 1. The number of piperidine rings is 1. The average molecular weight is 523 g/mol. The zero-order valence-corrected chi connectivity index (χ0v) is 22.5. The van der Waals surface area contributed by atoms with Gasteiger partial charge in [-0.25, -0.2) is 9.67 Å². The third-order valence-corrected chi connectivity index (χ3v) is 8.39. The Morgan fingerprint density at radius 2 is 2.15 bits per heavy atom. The molecule has 9 nitrogen and oxygen atoms in total. The maximum atomic E-state index is 13.6. The van der Waals surface area contributed by atoms with Gasteiger partial charge in [0, 0.05) is 48.7 Å². The second-order valence-corrected chi connectivity index (χ2v) is 11.5. The molecule has 0 radical (unpaired) electrons. The van der Waals surface area contributed by atoms with Crippen LogP contribution in [0.4, 0.5) is 5.69 Å². The number of nitrogens with one attached hydrogen (secondary N) is 1. The molecule has 1 saturated carbocycles. The van der Waals surface area contributed by atoms with Gasteiger partial charge in [0.05, 0.1) is 30.1 Å². The Kier molecular flexibility index (Phi) is 6.65. The van der Waals surface area contributed by atoms with Crippen LogP contribution in [0.25, 0.3) is 5.65 Å². The van der Waals surface area contributed by atoms with Crippen LogP contribution in [0, 0.1) is 30.1 Å². The summed E-state index contributed by atoms with van der Waals surface area (Å²) in [5, 5.41) is 20.9. The molecular weight excluding hydrogens is 488 g/mol. The van der Waals surface area contributed by atoms with E-state index in [9.17, 15) is 10.1 Å². The molecule has 200 valence electrons. The van der Waals surface area contributed by atoms with Gasteiger partial charge in [0.15, 0.2) is 0 Å². The number of benzene rings is 1. The highest BCUT2D eigenvalue weighted by Crippen LogP contribution is 2.49. The van der Waals surface area contributed by atoms with E-state index >= 15 is 0 Å². The minimum absolute atomic E-state index is 0.0198. The number of nitriles is 1. The molecule has 0 spiro atoms. The van der Waals surface area contributed by atoms with Crippen molar-refractivity contribution >= 4 is 17.2 Å². The van der Waals surface area contributed by atoms with Crippen LogP contribution in [0.2, 0.25) is 0 Å². The van der Waals surface area contributed by atoms with E-state index in [4.69, 9.17) is 0 Å². The number of aryl methyl sites for hydroxylation is 1. The molecule has 1 atom stereocenters. The number of aromatic nitrogens is 5. The summed E-state index contributed by atoms with van der Waals surface area (Å²) in [6.45, 7) is 7.93. The van der Waals surface area contributed by atoms with Crippen LogP contribution >= 0.6 is 0 Å². The largest absolute Gasteiger partial charge is 0.322 e. The lowest BCUT2D eigenvalue weighted by Gasteiger charge is -2.45. The molecule has 4 heterocycles. The SMILES string of the molecule is Cc1cnnn1CC1(c2cccc(NC(=O)c3cc(CN4CCC[C@H](C)C4)cn4ccnc34)c2)CC(C#N)C1. The number of carbonyl (C=O) groups is 1. The maximum absolute atomic E-state index is 13.6. The molecule has 1 aliphatic heterocycles. The van der Waals surface area contributed by atoms with E-state index in [0.29, 0.717) is 23.7 Å². The van der Waals surface area contributed by atoms with Crippen molar-refractivity contribution in [1.29, 1.82) is 5.26 Å². The Bertz CT molecular complexity index is 1540. The van der Waals surface area contributed by atoms with Crippen molar-refractivity contribution in [3.8, 4) is 6.07 Å². The van der Waals surface area contributed by atoms with Gasteiger partial charge in [0.1, 0.15) is 5.65 Å². The number of hydrogen-bond donors (Lipinski definition) is 1. The number of carbonyl (C=O) groups excluding carboxylic acids is 1. The first-order chi connectivity index (χ1) is 18.9. The van der Waals surface area contributed by atoms with Crippen LogP contribution in [0.1, 0.15) is 59.8 Å². The molecule has 0 unspecified atom stereocenters. The number of fused-ring (bicyclic) bond motifs is 1. The predicted octanol–water partition coefficient (Wildman–Crippen LogP) is 4.59. The summed E-state index contributed by atoms with van der Waals surface area (Å²) in [4.78, 5) is 20.6. The molecular formula is C30H34N8O. The molecule has 1 amide bonds. The van der Waals surface area contributed by atoms with Gasteiger partial charge in [-0.2, -0.15) is 5.26 Å². The lowest BCUT2D eigenvalue weighted by Crippen LogP contribution is -2.44. The van der Waals surface area contributed by atoms with Gasteiger partial charge in [0.2, 0.25) is 0 Å². The molecule has 9 heteroatoms. The fourth-order valence-electron chi connectivity index (χ4n) is 6.34. The number of amides is 1. The Morgan fingerprint density at radius 3 is 2.92 bits per heavy atom. The molecule has 6 rings (SSSR count). The van der Waals surface area contributed by atoms with Gasteiger partial charge in [-0.05, 0) is 74.4 Å². The highest BCUT2D eigenvalue weighted by Gasteiger charge is 2.46. The molecule has 1 aromatic carbocycles. The standard InChI is InChI=1S/C30H34N8O/c1-21-5-4-9-36(17-21)18-23-11-27(28-32-8-10-37(28)19-23)29(39)34-26-7-3-6-25(12-26)30(13-24(14-30)15-31)20-38-22(2)16-33-35-38/h3,6-8,10-12,16,19,21,24H,4-5,9,13-14,17-18,20H2,1-2H3,(H,34,39)/t21-,24?,30?/m0/s1. The van der Waals surface area contributed by atoms with E-state index in [1.807, 2.05) is 46.5 Å². The summed E-state index contributed by atoms with van der Waals surface area (Å²) in [5.41, 5.74) is 4.91. The van der Waals surface area contributed by atoms with Crippen molar-refractivity contribution in [2.45, 2.75) is 58.0 Å². The third kappa shape index (κ3) is 5.04. The van der Waals surface area contributed by atoms with Crippen molar-refractivity contribution < 1.29 is 4.79 Å². The van der Waals surface area contributed by atoms with Crippen molar-refractivity contribution in [2.24, 2.45) is 11.8 Å². The van der Waals surface area contributed by atoms with Crippen molar-refractivity contribution in [3.63, 3.8) is 0 Å². The molecule has 1 aliphatic carbocycles. The van der Waals surface area contributed by atoms with Gasteiger partial charge in [-0.1, -0.05) is 24.3 Å². The predicted molar refractivity (Wildman–Crippen MR) is 148 cm³/mol. The molecule has 2 aliphatic rings. The number of imidazole rings is 1. The second-order valence-electron chi connectivity index (χ2n) is 11.5. The molecule has 2 fully saturated rings. The summed E-state index contributed by atoms with van der Waals surface area (Å²) >= 11 is 0. The minimum atomic E-state index is -0.221. The lowest BCUT2D eigenvalue weighted by atomic mass is 9.59. The van der Waals surface area contributed by atoms with Gasteiger partial charge in [-0.15, -0.1) is 5.10 Å². The van der Waals surface area contributed by atoms with Gasteiger partial charge >= 0.3 is 0 Å². The highest BCUT2D eigenvalue weighted by molar-refractivity contribution is 6.08. The fraction of sp³-hybridized carbons (Fsp3) is 0.433. The zero-order valence-electron chi connectivity index (χ0n) is 22.5. The summed E-state index contributed by atoms with van der Waals surface area (Å²) in [6.07, 6.45) is 11.5. The number of rotatable bonds is 7. The van der Waals surface area contributed by atoms with Crippen molar-refractivity contribution in [3.05, 3.63) is 77.5 Å². The Morgan fingerprint density at radius 1 is 1.28 bits per heavy atom. The van der Waals surface area contributed by atoms with Gasteiger partial charge in [0.25, 0.3) is 5.91 Å². The van der Waals surface area contributed by atoms with Crippen LogP contribution in [0.15, 0.2) is 55.1 Å². The molecule has 1 saturated heterocycles. The normalized spacial score (nSPS) is 23.3. The lowest BCUT2D eigenvalue weighted by molar-refractivity contribution is 0.102. The minimum Gasteiger partial charge on any atom is -0.322 e.